The van der Waals surface area contributed by atoms with Gasteiger partial charge in [0.15, 0.2) is 11.6 Å². The summed E-state index contributed by atoms with van der Waals surface area (Å²) in [6.45, 7) is 4.04. The van der Waals surface area contributed by atoms with E-state index in [1.807, 2.05) is 13.8 Å². The average Bonchev–Trinajstić information content (AvgIpc) is 2.64. The molecule has 0 saturated carbocycles. The summed E-state index contributed by atoms with van der Waals surface area (Å²) in [4.78, 5) is 6.83. The van der Waals surface area contributed by atoms with Gasteiger partial charge >= 0.3 is 0 Å². The largest absolute Gasteiger partial charge is 0.371 e. The molecule has 2 aromatic rings. The van der Waals surface area contributed by atoms with Gasteiger partial charge in [0.05, 0.1) is 11.6 Å². The third-order valence-corrected chi connectivity index (χ3v) is 2.15. The highest BCUT2D eigenvalue weighted by Gasteiger charge is 2.11. The molecule has 0 aliphatic carbocycles. The zero-order valence-electron chi connectivity index (χ0n) is 9.05. The maximum absolute atomic E-state index is 13.3. The number of ether oxygens (including phenoxy) is 1. The van der Waals surface area contributed by atoms with Crippen LogP contribution in [0.2, 0.25) is 0 Å². The fraction of sp³-hybridized carbons (Fsp3) is 0.364. The summed E-state index contributed by atoms with van der Waals surface area (Å²) in [7, 11) is 0. The fourth-order valence-electron chi connectivity index (χ4n) is 1.38. The summed E-state index contributed by atoms with van der Waals surface area (Å²) < 4.78 is 31.5. The van der Waals surface area contributed by atoms with Crippen molar-refractivity contribution < 1.29 is 13.5 Å². The lowest BCUT2D eigenvalue weighted by Gasteiger charge is -2.03. The van der Waals surface area contributed by atoms with Crippen LogP contribution in [0, 0.1) is 11.6 Å². The normalized spacial score (nSPS) is 11.6. The van der Waals surface area contributed by atoms with Crippen LogP contribution in [0.4, 0.5) is 8.78 Å². The second-order valence-corrected chi connectivity index (χ2v) is 3.80. The highest BCUT2D eigenvalue weighted by atomic mass is 19.2. The first-order valence-corrected chi connectivity index (χ1v) is 5.02. The Balaban J connectivity index is 2.33. The molecule has 1 aromatic heterocycles. The highest BCUT2D eigenvalue weighted by molar-refractivity contribution is 5.75. The number of fused-ring (bicyclic) bond motifs is 1. The van der Waals surface area contributed by atoms with Gasteiger partial charge in [-0.2, -0.15) is 0 Å². The van der Waals surface area contributed by atoms with Crippen LogP contribution < -0.4 is 0 Å². The molecule has 0 unspecified atom stereocenters. The van der Waals surface area contributed by atoms with E-state index in [1.54, 1.807) is 0 Å². The SMILES string of the molecule is CC(C)OCc1nc2c(F)c(F)ccc2[nH]1. The molecule has 5 heteroatoms. The Morgan fingerprint density at radius 2 is 2.12 bits per heavy atom. The van der Waals surface area contributed by atoms with Gasteiger partial charge in [-0.3, -0.25) is 0 Å². The van der Waals surface area contributed by atoms with Crippen molar-refractivity contribution in [2.24, 2.45) is 0 Å². The van der Waals surface area contributed by atoms with Crippen LogP contribution in [0.5, 0.6) is 0 Å². The molecule has 0 aliphatic heterocycles. The predicted octanol–water partition coefficient (Wildman–Crippen LogP) is 2.77. The van der Waals surface area contributed by atoms with Gasteiger partial charge in [-0.05, 0) is 26.0 Å². The standard InChI is InChI=1S/C11H12F2N2O/c1-6(2)16-5-9-14-8-4-3-7(12)10(13)11(8)15-9/h3-4,6H,5H2,1-2H3,(H,14,15). The average molecular weight is 226 g/mol. The van der Waals surface area contributed by atoms with E-state index in [9.17, 15) is 8.78 Å². The smallest absolute Gasteiger partial charge is 0.186 e. The number of nitrogens with one attached hydrogen (secondary N) is 1. The molecule has 0 amide bonds. The first-order chi connectivity index (χ1) is 7.58. The lowest BCUT2D eigenvalue weighted by Crippen LogP contribution is -2.03. The van der Waals surface area contributed by atoms with Gasteiger partial charge < -0.3 is 9.72 Å². The van der Waals surface area contributed by atoms with Crippen LogP contribution in [-0.2, 0) is 11.3 Å². The maximum Gasteiger partial charge on any atom is 0.186 e. The fourth-order valence-corrected chi connectivity index (χ4v) is 1.38. The molecule has 2 rings (SSSR count). The molecule has 0 spiro atoms. The van der Waals surface area contributed by atoms with Crippen LogP contribution in [0.1, 0.15) is 19.7 Å². The van der Waals surface area contributed by atoms with E-state index in [0.29, 0.717) is 11.3 Å². The summed E-state index contributed by atoms with van der Waals surface area (Å²) in [5, 5.41) is 0. The Morgan fingerprint density at radius 3 is 2.81 bits per heavy atom. The summed E-state index contributed by atoms with van der Waals surface area (Å²) in [6, 6.07) is 2.53. The lowest BCUT2D eigenvalue weighted by molar-refractivity contribution is 0.0618. The molecule has 0 saturated heterocycles. The summed E-state index contributed by atoms with van der Waals surface area (Å²) >= 11 is 0. The van der Waals surface area contributed by atoms with Gasteiger partial charge in [-0.1, -0.05) is 0 Å². The van der Waals surface area contributed by atoms with Crippen LogP contribution in [0.3, 0.4) is 0 Å². The van der Waals surface area contributed by atoms with Crippen molar-refractivity contribution in [2.75, 3.05) is 0 Å². The van der Waals surface area contributed by atoms with Gasteiger partial charge in [0.25, 0.3) is 0 Å². The molecule has 0 bridgehead atoms. The number of aromatic nitrogens is 2. The van der Waals surface area contributed by atoms with E-state index in [0.717, 1.165) is 6.07 Å². The second-order valence-electron chi connectivity index (χ2n) is 3.80. The molecule has 1 heterocycles. The number of nitrogens with zero attached hydrogens (tertiary/aromatic N) is 1. The van der Waals surface area contributed by atoms with E-state index >= 15 is 0 Å². The number of aromatic amines is 1. The minimum atomic E-state index is -0.926. The van der Waals surface area contributed by atoms with Crippen LogP contribution >= 0.6 is 0 Å². The highest BCUT2D eigenvalue weighted by Crippen LogP contribution is 2.18. The molecule has 86 valence electrons. The van der Waals surface area contributed by atoms with Gasteiger partial charge in [0.1, 0.15) is 17.9 Å². The molecular formula is C11H12F2N2O. The first-order valence-electron chi connectivity index (χ1n) is 5.02. The number of benzene rings is 1. The number of H-pyrrole nitrogens is 1. The quantitative estimate of drug-likeness (QED) is 0.873. The van der Waals surface area contributed by atoms with Crippen molar-refractivity contribution in [3.05, 3.63) is 29.6 Å². The number of rotatable bonds is 3. The van der Waals surface area contributed by atoms with E-state index in [4.69, 9.17) is 4.74 Å². The third kappa shape index (κ3) is 2.04. The zero-order valence-corrected chi connectivity index (χ0v) is 9.05. The van der Waals surface area contributed by atoms with Crippen LogP contribution in [-0.4, -0.2) is 16.1 Å². The summed E-state index contributed by atoms with van der Waals surface area (Å²) in [6.07, 6.45) is 0.0646. The van der Waals surface area contributed by atoms with Crippen LogP contribution in [0.25, 0.3) is 11.0 Å². The second kappa shape index (κ2) is 4.17. The Labute approximate surface area is 91.4 Å². The van der Waals surface area contributed by atoms with E-state index in [-0.39, 0.29) is 18.2 Å². The molecule has 3 nitrogen and oxygen atoms in total. The van der Waals surface area contributed by atoms with Crippen molar-refractivity contribution in [2.45, 2.75) is 26.6 Å². The van der Waals surface area contributed by atoms with Crippen molar-refractivity contribution in [1.29, 1.82) is 0 Å². The maximum atomic E-state index is 13.3. The molecule has 0 aliphatic rings. The van der Waals surface area contributed by atoms with E-state index in [1.165, 1.54) is 6.07 Å². The van der Waals surface area contributed by atoms with E-state index < -0.39 is 11.6 Å². The Bertz CT molecular complexity index is 508. The number of imidazole rings is 1. The van der Waals surface area contributed by atoms with Gasteiger partial charge in [0.2, 0.25) is 0 Å². The van der Waals surface area contributed by atoms with Crippen molar-refractivity contribution in [1.82, 2.24) is 9.97 Å². The topological polar surface area (TPSA) is 37.9 Å². The molecule has 0 atom stereocenters. The molecule has 16 heavy (non-hydrogen) atoms. The zero-order chi connectivity index (χ0) is 11.7. The van der Waals surface area contributed by atoms with Gasteiger partial charge in [-0.25, -0.2) is 13.8 Å². The molecular weight excluding hydrogens is 214 g/mol. The minimum absolute atomic E-state index is 0.0161. The molecule has 1 N–H and O–H groups in total. The molecule has 0 fully saturated rings. The van der Waals surface area contributed by atoms with Gasteiger partial charge in [0, 0.05) is 0 Å². The molecule has 1 aromatic carbocycles. The lowest BCUT2D eigenvalue weighted by atomic mass is 10.3. The van der Waals surface area contributed by atoms with Crippen molar-refractivity contribution >= 4 is 11.0 Å². The Kier molecular flexibility index (Phi) is 2.87. The monoisotopic (exact) mass is 226 g/mol. The predicted molar refractivity (Wildman–Crippen MR) is 55.9 cm³/mol. The summed E-state index contributed by atoms with van der Waals surface area (Å²) in [5.41, 5.74) is 0.489. The number of hydrogen-bond acceptors (Lipinski definition) is 2. The first kappa shape index (κ1) is 11.0. The number of halogens is 2. The molecule has 0 radical (unpaired) electrons. The third-order valence-electron chi connectivity index (χ3n) is 2.15. The minimum Gasteiger partial charge on any atom is -0.371 e. The Morgan fingerprint density at radius 1 is 1.38 bits per heavy atom. The Hall–Kier alpha value is -1.49. The summed E-state index contributed by atoms with van der Waals surface area (Å²) in [5.74, 6) is -1.33. The van der Waals surface area contributed by atoms with E-state index in [2.05, 4.69) is 9.97 Å². The van der Waals surface area contributed by atoms with Gasteiger partial charge in [-0.15, -0.1) is 0 Å². The van der Waals surface area contributed by atoms with Crippen molar-refractivity contribution in [3.8, 4) is 0 Å². The number of hydrogen-bond donors (Lipinski definition) is 1. The van der Waals surface area contributed by atoms with Crippen LogP contribution in [0.15, 0.2) is 12.1 Å². The van der Waals surface area contributed by atoms with Crippen molar-refractivity contribution in [3.63, 3.8) is 0 Å².